The summed E-state index contributed by atoms with van der Waals surface area (Å²) in [7, 11) is 0. The average molecular weight is 275 g/mol. The van der Waals surface area contributed by atoms with E-state index in [1.807, 2.05) is 37.3 Å². The van der Waals surface area contributed by atoms with Crippen LogP contribution >= 0.6 is 0 Å². The number of nitrogens with one attached hydrogen (secondary N) is 1. The van der Waals surface area contributed by atoms with Crippen LogP contribution in [0.2, 0.25) is 0 Å². The molecule has 102 valence electrons. The third-order valence-corrected chi connectivity index (χ3v) is 3.48. The Morgan fingerprint density at radius 1 is 1.24 bits per heavy atom. The zero-order valence-corrected chi connectivity index (χ0v) is 11.6. The highest BCUT2D eigenvalue weighted by Gasteiger charge is 2.09. The van der Waals surface area contributed by atoms with Crippen molar-refractivity contribution in [1.29, 1.82) is 5.26 Å². The van der Waals surface area contributed by atoms with Crippen LogP contribution in [0.3, 0.4) is 0 Å². The van der Waals surface area contributed by atoms with E-state index in [1.165, 1.54) is 0 Å². The summed E-state index contributed by atoms with van der Waals surface area (Å²) < 4.78 is 0. The number of benzene rings is 2. The molecule has 4 nitrogen and oxygen atoms in total. The van der Waals surface area contributed by atoms with Gasteiger partial charge in [-0.1, -0.05) is 19.1 Å². The Hall–Kier alpha value is -2.93. The highest BCUT2D eigenvalue weighted by Crippen LogP contribution is 2.22. The fraction of sp³-hybridized carbons (Fsp3) is 0.118. The Morgan fingerprint density at radius 2 is 2.05 bits per heavy atom. The molecule has 1 heterocycles. The molecule has 3 aromatic rings. The summed E-state index contributed by atoms with van der Waals surface area (Å²) in [5, 5.41) is 9.56. The molecule has 0 saturated heterocycles. The molecule has 0 atom stereocenters. The van der Waals surface area contributed by atoms with Gasteiger partial charge >= 0.3 is 0 Å². The number of hydrogen-bond donors (Lipinski definition) is 1. The van der Waals surface area contributed by atoms with E-state index in [1.54, 1.807) is 12.1 Å². The monoisotopic (exact) mass is 275 g/mol. The summed E-state index contributed by atoms with van der Waals surface area (Å²) >= 11 is 0. The zero-order chi connectivity index (χ0) is 14.8. The first-order valence-electron chi connectivity index (χ1n) is 6.75. The largest absolute Gasteiger partial charge is 0.306 e. The van der Waals surface area contributed by atoms with Crippen molar-refractivity contribution in [3.05, 3.63) is 63.9 Å². The molecule has 1 N–H and O–H groups in total. The second kappa shape index (κ2) is 5.22. The number of aromatic amines is 1. The maximum Gasteiger partial charge on any atom is 0.259 e. The molecule has 0 aliphatic heterocycles. The lowest BCUT2D eigenvalue weighted by Gasteiger charge is -2.08. The van der Waals surface area contributed by atoms with Crippen LogP contribution in [0.4, 0.5) is 0 Å². The molecule has 0 unspecified atom stereocenters. The molecule has 0 saturated carbocycles. The fourth-order valence-electron chi connectivity index (χ4n) is 2.40. The molecule has 2 aromatic carbocycles. The van der Waals surface area contributed by atoms with Gasteiger partial charge in [0.15, 0.2) is 0 Å². The standard InChI is InChI=1S/C17H13N3O/c1-2-12-9-11(10-18)7-8-13(12)16-19-15-6-4-3-5-14(15)17(21)20-16/h3-9H,2H2,1H3,(H,19,20,21). The molecule has 0 aliphatic carbocycles. The summed E-state index contributed by atoms with van der Waals surface area (Å²) in [6.07, 6.45) is 0.765. The summed E-state index contributed by atoms with van der Waals surface area (Å²) in [4.78, 5) is 19.5. The quantitative estimate of drug-likeness (QED) is 0.781. The maximum atomic E-state index is 12.1. The van der Waals surface area contributed by atoms with Crippen molar-refractivity contribution in [1.82, 2.24) is 9.97 Å². The zero-order valence-electron chi connectivity index (χ0n) is 11.6. The number of nitriles is 1. The lowest BCUT2D eigenvalue weighted by atomic mass is 10.0. The van der Waals surface area contributed by atoms with Gasteiger partial charge in [0.1, 0.15) is 5.82 Å². The van der Waals surface area contributed by atoms with Gasteiger partial charge in [-0.2, -0.15) is 5.26 Å². The predicted molar refractivity (Wildman–Crippen MR) is 81.9 cm³/mol. The Balaban J connectivity index is 2.26. The molecule has 4 heteroatoms. The van der Waals surface area contributed by atoms with Crippen molar-refractivity contribution in [2.75, 3.05) is 0 Å². The minimum absolute atomic E-state index is 0.151. The summed E-state index contributed by atoms with van der Waals surface area (Å²) in [6.45, 7) is 2.01. The van der Waals surface area contributed by atoms with Gasteiger partial charge in [0.05, 0.1) is 22.5 Å². The normalized spacial score (nSPS) is 10.5. The second-order valence-corrected chi connectivity index (χ2v) is 4.77. The Labute approximate surface area is 121 Å². The first-order chi connectivity index (χ1) is 10.2. The molecule has 21 heavy (non-hydrogen) atoms. The molecule has 0 amide bonds. The van der Waals surface area contributed by atoms with Crippen molar-refractivity contribution in [3.63, 3.8) is 0 Å². The van der Waals surface area contributed by atoms with Crippen LogP contribution in [0, 0.1) is 11.3 Å². The number of para-hydroxylation sites is 1. The highest BCUT2D eigenvalue weighted by molar-refractivity contribution is 5.79. The minimum atomic E-state index is -0.151. The van der Waals surface area contributed by atoms with Gasteiger partial charge in [0, 0.05) is 5.56 Å². The van der Waals surface area contributed by atoms with E-state index >= 15 is 0 Å². The lowest BCUT2D eigenvalue weighted by Crippen LogP contribution is -2.10. The van der Waals surface area contributed by atoms with E-state index in [4.69, 9.17) is 5.26 Å². The van der Waals surface area contributed by atoms with Crippen molar-refractivity contribution < 1.29 is 0 Å². The molecule has 3 rings (SSSR count). The lowest BCUT2D eigenvalue weighted by molar-refractivity contribution is 1.11. The van der Waals surface area contributed by atoms with Crippen LogP contribution in [-0.4, -0.2) is 9.97 Å². The number of hydrogen-bond acceptors (Lipinski definition) is 3. The average Bonchev–Trinajstić information content (AvgIpc) is 2.54. The topological polar surface area (TPSA) is 69.5 Å². The van der Waals surface area contributed by atoms with E-state index in [9.17, 15) is 4.79 Å². The van der Waals surface area contributed by atoms with Crippen molar-refractivity contribution in [2.45, 2.75) is 13.3 Å². The number of fused-ring (bicyclic) bond motifs is 1. The van der Waals surface area contributed by atoms with Crippen LogP contribution in [0.5, 0.6) is 0 Å². The van der Waals surface area contributed by atoms with E-state index in [0.717, 1.165) is 17.5 Å². The SMILES string of the molecule is CCc1cc(C#N)ccc1-c1nc2ccccc2c(=O)[nH]1. The molecule has 0 radical (unpaired) electrons. The molecule has 0 fully saturated rings. The van der Waals surface area contributed by atoms with E-state index in [-0.39, 0.29) is 5.56 Å². The number of aryl methyl sites for hydroxylation is 1. The fourth-order valence-corrected chi connectivity index (χ4v) is 2.40. The maximum absolute atomic E-state index is 12.1. The number of nitrogens with zero attached hydrogens (tertiary/aromatic N) is 2. The molecular weight excluding hydrogens is 262 g/mol. The van der Waals surface area contributed by atoms with Gasteiger partial charge in [-0.3, -0.25) is 4.79 Å². The number of rotatable bonds is 2. The van der Waals surface area contributed by atoms with Crippen LogP contribution in [0.15, 0.2) is 47.3 Å². The second-order valence-electron chi connectivity index (χ2n) is 4.77. The molecule has 0 aliphatic rings. The van der Waals surface area contributed by atoms with Crippen LogP contribution in [0.1, 0.15) is 18.1 Å². The van der Waals surface area contributed by atoms with Crippen LogP contribution < -0.4 is 5.56 Å². The van der Waals surface area contributed by atoms with Crippen molar-refractivity contribution in [2.24, 2.45) is 0 Å². The highest BCUT2D eigenvalue weighted by atomic mass is 16.1. The van der Waals surface area contributed by atoms with Gasteiger partial charge in [-0.05, 0) is 42.3 Å². The van der Waals surface area contributed by atoms with Crippen molar-refractivity contribution in [3.8, 4) is 17.5 Å². The molecular formula is C17H13N3O. The summed E-state index contributed by atoms with van der Waals surface area (Å²) in [6, 6.07) is 14.8. The smallest absolute Gasteiger partial charge is 0.259 e. The Bertz CT molecular complexity index is 919. The predicted octanol–water partition coefficient (Wildman–Crippen LogP) is 3.02. The van der Waals surface area contributed by atoms with Crippen LogP contribution in [-0.2, 0) is 6.42 Å². The first kappa shape index (κ1) is 13.1. The Morgan fingerprint density at radius 3 is 2.81 bits per heavy atom. The third-order valence-electron chi connectivity index (χ3n) is 3.48. The molecule has 1 aromatic heterocycles. The Kier molecular flexibility index (Phi) is 3.25. The summed E-state index contributed by atoms with van der Waals surface area (Å²) in [5.74, 6) is 0.542. The van der Waals surface area contributed by atoms with Gasteiger partial charge in [-0.25, -0.2) is 4.98 Å². The summed E-state index contributed by atoms with van der Waals surface area (Å²) in [5.41, 5.74) is 2.98. The van der Waals surface area contributed by atoms with Gasteiger partial charge < -0.3 is 4.98 Å². The van der Waals surface area contributed by atoms with E-state index < -0.39 is 0 Å². The minimum Gasteiger partial charge on any atom is -0.306 e. The van der Waals surface area contributed by atoms with Gasteiger partial charge in [-0.15, -0.1) is 0 Å². The van der Waals surface area contributed by atoms with Gasteiger partial charge in [0.2, 0.25) is 0 Å². The third kappa shape index (κ3) is 2.30. The van der Waals surface area contributed by atoms with Gasteiger partial charge in [0.25, 0.3) is 5.56 Å². The molecule has 0 spiro atoms. The first-order valence-corrected chi connectivity index (χ1v) is 6.75. The van der Waals surface area contributed by atoms with E-state index in [0.29, 0.717) is 22.3 Å². The van der Waals surface area contributed by atoms with Crippen LogP contribution in [0.25, 0.3) is 22.3 Å². The van der Waals surface area contributed by atoms with E-state index in [2.05, 4.69) is 16.0 Å². The number of aromatic nitrogens is 2. The van der Waals surface area contributed by atoms with Crippen molar-refractivity contribution >= 4 is 10.9 Å². The molecule has 0 bridgehead atoms. The number of H-pyrrole nitrogens is 1.